The lowest BCUT2D eigenvalue weighted by molar-refractivity contribution is -0.140. The van der Waals surface area contributed by atoms with Crippen LogP contribution in [0.2, 0.25) is 0 Å². The van der Waals surface area contributed by atoms with Gasteiger partial charge in [-0.1, -0.05) is 13.8 Å². The van der Waals surface area contributed by atoms with Crippen LogP contribution in [0, 0.1) is 5.92 Å². The van der Waals surface area contributed by atoms with Crippen molar-refractivity contribution in [1.82, 2.24) is 9.78 Å². The highest BCUT2D eigenvalue weighted by Gasteiger charge is 2.26. The molecule has 0 amide bonds. The molecule has 1 rings (SSSR count). The fourth-order valence-electron chi connectivity index (χ4n) is 1.37. The molecular weight excluding hydrogens is 248 g/mol. The first-order valence-corrected chi connectivity index (χ1v) is 5.15. The van der Waals surface area contributed by atoms with Crippen LogP contribution in [-0.2, 0) is 11.8 Å². The molecule has 4 nitrogen and oxygen atoms in total. The summed E-state index contributed by atoms with van der Waals surface area (Å²) in [6.45, 7) is 3.75. The van der Waals surface area contributed by atoms with Crippen molar-refractivity contribution in [2.45, 2.75) is 19.8 Å². The van der Waals surface area contributed by atoms with Crippen molar-refractivity contribution in [3.8, 4) is 0 Å². The molecule has 1 unspecified atom stereocenters. The van der Waals surface area contributed by atoms with E-state index in [1.165, 1.54) is 0 Å². The highest BCUT2D eigenvalue weighted by Crippen LogP contribution is 2.25. The van der Waals surface area contributed by atoms with Gasteiger partial charge in [0.05, 0.1) is 5.69 Å². The zero-order valence-corrected chi connectivity index (χ0v) is 9.95. The van der Waals surface area contributed by atoms with Crippen LogP contribution in [0.1, 0.15) is 25.5 Å². The molecule has 5 heteroatoms. The minimum absolute atomic E-state index is 0.0364. The second-order valence-electron chi connectivity index (χ2n) is 3.58. The molecule has 0 radical (unpaired) electrons. The second kappa shape index (κ2) is 4.13. The van der Waals surface area contributed by atoms with Crippen molar-refractivity contribution in [1.29, 1.82) is 0 Å². The average Bonchev–Trinajstić information content (AvgIpc) is 2.29. The van der Waals surface area contributed by atoms with Crippen LogP contribution in [0.15, 0.2) is 10.7 Å². The fourth-order valence-corrected chi connectivity index (χ4v) is 1.68. The zero-order chi connectivity index (χ0) is 10.9. The number of aliphatic carboxylic acids is 1. The molecule has 0 aromatic carbocycles. The molecule has 0 bridgehead atoms. The third kappa shape index (κ3) is 2.15. The van der Waals surface area contributed by atoms with Gasteiger partial charge in [-0.3, -0.25) is 9.48 Å². The summed E-state index contributed by atoms with van der Waals surface area (Å²) in [4.78, 5) is 11.0. The molecule has 1 aromatic rings. The Labute approximate surface area is 91.1 Å². The molecule has 0 saturated carbocycles. The average molecular weight is 261 g/mol. The number of carboxylic acids is 1. The number of nitrogens with zero attached hydrogens (tertiary/aromatic N) is 2. The lowest BCUT2D eigenvalue weighted by atomic mass is 9.93. The molecule has 0 fully saturated rings. The zero-order valence-electron chi connectivity index (χ0n) is 8.36. The van der Waals surface area contributed by atoms with Gasteiger partial charge in [-0.2, -0.15) is 5.10 Å². The molecule has 1 N–H and O–H groups in total. The van der Waals surface area contributed by atoms with Gasteiger partial charge in [0.1, 0.15) is 10.5 Å². The summed E-state index contributed by atoms with van der Waals surface area (Å²) in [6.07, 6.45) is 0. The Bertz CT molecular complexity index is 327. The topological polar surface area (TPSA) is 55.1 Å². The second-order valence-corrected chi connectivity index (χ2v) is 4.39. The first-order chi connectivity index (χ1) is 6.43. The predicted octanol–water partition coefficient (Wildman–Crippen LogP) is 2.01. The standard InChI is InChI=1S/C9H13BrN2O2/c1-5(2)8(9(13)14)6-4-7(10)12(3)11-6/h4-5,8H,1-3H3,(H,13,14). The molecule has 14 heavy (non-hydrogen) atoms. The maximum absolute atomic E-state index is 11.0. The van der Waals surface area contributed by atoms with Crippen molar-refractivity contribution < 1.29 is 9.90 Å². The summed E-state index contributed by atoms with van der Waals surface area (Å²) < 4.78 is 2.41. The number of hydrogen-bond donors (Lipinski definition) is 1. The molecular formula is C9H13BrN2O2. The minimum atomic E-state index is -0.828. The third-order valence-corrected chi connectivity index (χ3v) is 2.84. The monoisotopic (exact) mass is 260 g/mol. The molecule has 1 heterocycles. The van der Waals surface area contributed by atoms with Gasteiger partial charge in [0.25, 0.3) is 0 Å². The lowest BCUT2D eigenvalue weighted by Crippen LogP contribution is -2.18. The van der Waals surface area contributed by atoms with Crippen molar-refractivity contribution in [2.24, 2.45) is 13.0 Å². The largest absolute Gasteiger partial charge is 0.481 e. The number of rotatable bonds is 3. The Balaban J connectivity index is 3.05. The normalized spacial score (nSPS) is 13.2. The SMILES string of the molecule is CC(C)C(C(=O)O)c1cc(Br)n(C)n1. The van der Waals surface area contributed by atoms with Gasteiger partial charge in [0.2, 0.25) is 0 Å². The highest BCUT2D eigenvalue weighted by atomic mass is 79.9. The maximum atomic E-state index is 11.0. The van der Waals surface area contributed by atoms with Gasteiger partial charge in [-0.05, 0) is 27.9 Å². The fraction of sp³-hybridized carbons (Fsp3) is 0.556. The van der Waals surface area contributed by atoms with E-state index in [2.05, 4.69) is 21.0 Å². The van der Waals surface area contributed by atoms with Crippen LogP contribution >= 0.6 is 15.9 Å². The summed E-state index contributed by atoms with van der Waals surface area (Å²) in [5.41, 5.74) is 0.599. The number of hydrogen-bond acceptors (Lipinski definition) is 2. The van der Waals surface area contributed by atoms with Gasteiger partial charge < -0.3 is 5.11 Å². The number of carboxylic acid groups (broad SMARTS) is 1. The Morgan fingerprint density at radius 3 is 2.50 bits per heavy atom. The first-order valence-electron chi connectivity index (χ1n) is 4.35. The van der Waals surface area contributed by atoms with E-state index in [-0.39, 0.29) is 5.92 Å². The van der Waals surface area contributed by atoms with E-state index in [1.807, 2.05) is 13.8 Å². The number of aromatic nitrogens is 2. The van der Waals surface area contributed by atoms with Crippen molar-refractivity contribution in [3.63, 3.8) is 0 Å². The molecule has 0 aliphatic heterocycles. The van der Waals surface area contributed by atoms with Crippen LogP contribution < -0.4 is 0 Å². The summed E-state index contributed by atoms with van der Waals surface area (Å²) in [5, 5.41) is 13.2. The van der Waals surface area contributed by atoms with Crippen molar-refractivity contribution >= 4 is 21.9 Å². The molecule has 0 aliphatic rings. The lowest BCUT2D eigenvalue weighted by Gasteiger charge is -2.12. The summed E-state index contributed by atoms with van der Waals surface area (Å²) in [5.74, 6) is -1.33. The first kappa shape index (κ1) is 11.2. The van der Waals surface area contributed by atoms with E-state index in [0.717, 1.165) is 4.60 Å². The Hall–Kier alpha value is -0.840. The van der Waals surface area contributed by atoms with E-state index < -0.39 is 11.9 Å². The Kier molecular flexibility index (Phi) is 3.31. The number of halogens is 1. The smallest absolute Gasteiger partial charge is 0.312 e. The van der Waals surface area contributed by atoms with Gasteiger partial charge in [-0.15, -0.1) is 0 Å². The van der Waals surface area contributed by atoms with Crippen LogP contribution in [0.3, 0.4) is 0 Å². The van der Waals surface area contributed by atoms with Gasteiger partial charge >= 0.3 is 5.97 Å². The van der Waals surface area contributed by atoms with E-state index in [1.54, 1.807) is 17.8 Å². The van der Waals surface area contributed by atoms with Crippen LogP contribution in [-0.4, -0.2) is 20.9 Å². The molecule has 78 valence electrons. The van der Waals surface area contributed by atoms with Gasteiger partial charge in [-0.25, -0.2) is 0 Å². The maximum Gasteiger partial charge on any atom is 0.312 e. The van der Waals surface area contributed by atoms with Gasteiger partial charge in [0.15, 0.2) is 0 Å². The summed E-state index contributed by atoms with van der Waals surface area (Å²) >= 11 is 3.29. The minimum Gasteiger partial charge on any atom is -0.481 e. The molecule has 0 saturated heterocycles. The van der Waals surface area contributed by atoms with Crippen LogP contribution in [0.25, 0.3) is 0 Å². The number of carbonyl (C=O) groups is 1. The van der Waals surface area contributed by atoms with E-state index in [4.69, 9.17) is 5.11 Å². The summed E-state index contributed by atoms with van der Waals surface area (Å²) in [7, 11) is 1.77. The third-order valence-electron chi connectivity index (χ3n) is 2.09. The number of aryl methyl sites for hydroxylation is 1. The Morgan fingerprint density at radius 1 is 1.64 bits per heavy atom. The van der Waals surface area contributed by atoms with E-state index in [0.29, 0.717) is 5.69 Å². The molecule has 0 aliphatic carbocycles. The Morgan fingerprint density at radius 2 is 2.21 bits per heavy atom. The van der Waals surface area contributed by atoms with E-state index in [9.17, 15) is 4.79 Å². The van der Waals surface area contributed by atoms with E-state index >= 15 is 0 Å². The summed E-state index contributed by atoms with van der Waals surface area (Å²) in [6, 6.07) is 1.75. The quantitative estimate of drug-likeness (QED) is 0.905. The molecule has 1 aromatic heterocycles. The van der Waals surface area contributed by atoms with Gasteiger partial charge in [0, 0.05) is 7.05 Å². The molecule has 0 spiro atoms. The molecule has 1 atom stereocenters. The van der Waals surface area contributed by atoms with Crippen molar-refractivity contribution in [3.05, 3.63) is 16.4 Å². The predicted molar refractivity (Wildman–Crippen MR) is 56.1 cm³/mol. The van der Waals surface area contributed by atoms with Crippen LogP contribution in [0.4, 0.5) is 0 Å². The highest BCUT2D eigenvalue weighted by molar-refractivity contribution is 9.10. The van der Waals surface area contributed by atoms with Crippen LogP contribution in [0.5, 0.6) is 0 Å². The van der Waals surface area contributed by atoms with Crippen molar-refractivity contribution in [2.75, 3.05) is 0 Å².